The van der Waals surface area contributed by atoms with Gasteiger partial charge >= 0.3 is 0 Å². The van der Waals surface area contributed by atoms with Gasteiger partial charge in [-0.3, -0.25) is 0 Å². The molecule has 2 heteroatoms. The summed E-state index contributed by atoms with van der Waals surface area (Å²) in [7, 11) is 0. The maximum Gasteiger partial charge on any atom is 0.0541 e. The van der Waals surface area contributed by atoms with Crippen LogP contribution in [0.25, 0.3) is 60.9 Å². The Balaban J connectivity index is 1.33. The summed E-state index contributed by atoms with van der Waals surface area (Å²) in [6, 6.07) is 48.1. The zero-order valence-corrected chi connectivity index (χ0v) is 22.0. The Labute approximate surface area is 232 Å². The van der Waals surface area contributed by atoms with Crippen LogP contribution in [-0.4, -0.2) is 4.57 Å². The first-order valence-corrected chi connectivity index (χ1v) is 13.7. The molecule has 1 aliphatic carbocycles. The molecular formula is C37H24ClN. The second-order valence-corrected chi connectivity index (χ2v) is 10.7. The van der Waals surface area contributed by atoms with Crippen molar-refractivity contribution < 1.29 is 0 Å². The lowest BCUT2D eigenvalue weighted by Gasteiger charge is -2.13. The summed E-state index contributed by atoms with van der Waals surface area (Å²) in [6.07, 6.45) is 0.822. The predicted molar refractivity (Wildman–Crippen MR) is 165 cm³/mol. The third-order valence-electron chi connectivity index (χ3n) is 8.12. The van der Waals surface area contributed by atoms with Crippen molar-refractivity contribution in [2.75, 3.05) is 0 Å². The van der Waals surface area contributed by atoms with Crippen LogP contribution in [0.4, 0.5) is 0 Å². The molecular weight excluding hydrogens is 494 g/mol. The van der Waals surface area contributed by atoms with Gasteiger partial charge in [-0.25, -0.2) is 0 Å². The molecule has 0 radical (unpaired) electrons. The summed E-state index contributed by atoms with van der Waals surface area (Å²) in [5.41, 5.74) is 13.6. The molecule has 8 rings (SSSR count). The number of nitrogens with zero attached hydrogens (tertiary/aromatic N) is 1. The van der Waals surface area contributed by atoms with E-state index in [-0.39, 0.29) is 0 Å². The van der Waals surface area contributed by atoms with E-state index in [2.05, 4.69) is 132 Å². The highest BCUT2D eigenvalue weighted by molar-refractivity contribution is 6.32. The van der Waals surface area contributed by atoms with Gasteiger partial charge in [0.2, 0.25) is 0 Å². The number of para-hydroxylation sites is 2. The molecule has 0 spiro atoms. The van der Waals surface area contributed by atoms with Gasteiger partial charge in [0.05, 0.1) is 11.0 Å². The van der Waals surface area contributed by atoms with Crippen molar-refractivity contribution in [3.05, 3.63) is 150 Å². The van der Waals surface area contributed by atoms with Crippen molar-refractivity contribution in [1.82, 2.24) is 4.57 Å². The first-order chi connectivity index (χ1) is 19.3. The van der Waals surface area contributed by atoms with Gasteiger partial charge in [0.1, 0.15) is 0 Å². The van der Waals surface area contributed by atoms with E-state index in [0.717, 1.165) is 11.4 Å². The number of aromatic nitrogens is 1. The lowest BCUT2D eigenvalue weighted by Crippen LogP contribution is -1.93. The Bertz CT molecular complexity index is 2050. The minimum absolute atomic E-state index is 0.822. The lowest BCUT2D eigenvalue weighted by molar-refractivity contribution is 1.18. The summed E-state index contributed by atoms with van der Waals surface area (Å²) < 4.78 is 2.36. The third kappa shape index (κ3) is 3.47. The monoisotopic (exact) mass is 517 g/mol. The lowest BCUT2D eigenvalue weighted by atomic mass is 9.92. The Hall–Kier alpha value is -4.59. The number of fused-ring (bicyclic) bond motifs is 8. The molecule has 0 aliphatic heterocycles. The van der Waals surface area contributed by atoms with Crippen LogP contribution in [0.15, 0.2) is 133 Å². The minimum atomic E-state index is 0.822. The minimum Gasteiger partial charge on any atom is -0.309 e. The van der Waals surface area contributed by atoms with Crippen molar-refractivity contribution in [3.63, 3.8) is 0 Å². The molecule has 0 fully saturated rings. The highest BCUT2D eigenvalue weighted by Crippen LogP contribution is 2.44. The first-order valence-electron chi connectivity index (χ1n) is 13.4. The zero-order valence-electron chi connectivity index (χ0n) is 21.2. The normalized spacial score (nSPS) is 12.1. The molecule has 7 aromatic rings. The fourth-order valence-electron chi connectivity index (χ4n) is 6.30. The van der Waals surface area contributed by atoms with Crippen molar-refractivity contribution >= 4 is 33.4 Å². The topological polar surface area (TPSA) is 4.93 Å². The molecule has 0 bridgehead atoms. The van der Waals surface area contributed by atoms with Crippen molar-refractivity contribution in [2.24, 2.45) is 0 Å². The Morgan fingerprint density at radius 1 is 0.487 bits per heavy atom. The average Bonchev–Trinajstić information content (AvgIpc) is 3.24. The van der Waals surface area contributed by atoms with E-state index >= 15 is 0 Å². The molecule has 0 saturated carbocycles. The summed E-state index contributed by atoms with van der Waals surface area (Å²) >= 11 is 6.72. The van der Waals surface area contributed by atoms with Gasteiger partial charge in [0.15, 0.2) is 0 Å². The van der Waals surface area contributed by atoms with Gasteiger partial charge in [-0.1, -0.05) is 103 Å². The Morgan fingerprint density at radius 2 is 1.15 bits per heavy atom. The van der Waals surface area contributed by atoms with Crippen LogP contribution in [0.2, 0.25) is 5.02 Å². The molecule has 0 N–H and O–H groups in total. The van der Waals surface area contributed by atoms with Gasteiger partial charge < -0.3 is 4.57 Å². The fourth-order valence-corrected chi connectivity index (χ4v) is 6.54. The van der Waals surface area contributed by atoms with Gasteiger partial charge in [-0.05, 0) is 87.0 Å². The zero-order chi connectivity index (χ0) is 25.9. The van der Waals surface area contributed by atoms with Gasteiger partial charge in [0, 0.05) is 27.9 Å². The van der Waals surface area contributed by atoms with Crippen LogP contribution in [0, 0.1) is 0 Å². The SMILES string of the molecule is Clc1cccc2c1Cc1ccc(-c3ccc4c(c3)c3ccccc3n4-c3ccccc3)cc1-c1ccccc1-2. The summed E-state index contributed by atoms with van der Waals surface area (Å²) in [6.45, 7) is 0. The molecule has 184 valence electrons. The van der Waals surface area contributed by atoms with E-state index in [9.17, 15) is 0 Å². The smallest absolute Gasteiger partial charge is 0.0541 e. The summed E-state index contributed by atoms with van der Waals surface area (Å²) in [4.78, 5) is 0. The first kappa shape index (κ1) is 22.4. The summed E-state index contributed by atoms with van der Waals surface area (Å²) in [5.74, 6) is 0. The largest absolute Gasteiger partial charge is 0.309 e. The molecule has 1 aliphatic rings. The highest BCUT2D eigenvalue weighted by atomic mass is 35.5. The van der Waals surface area contributed by atoms with Crippen LogP contribution in [-0.2, 0) is 6.42 Å². The number of benzene rings is 6. The van der Waals surface area contributed by atoms with Crippen LogP contribution in [0.5, 0.6) is 0 Å². The second-order valence-electron chi connectivity index (χ2n) is 10.3. The van der Waals surface area contributed by atoms with E-state index in [1.54, 1.807) is 0 Å². The van der Waals surface area contributed by atoms with Gasteiger partial charge in [-0.15, -0.1) is 0 Å². The molecule has 0 amide bonds. The molecule has 0 unspecified atom stereocenters. The fraction of sp³-hybridized carbons (Fsp3) is 0.0270. The Morgan fingerprint density at radius 3 is 2.03 bits per heavy atom. The van der Waals surface area contributed by atoms with E-state index < -0.39 is 0 Å². The predicted octanol–water partition coefficient (Wildman–Crippen LogP) is 10.3. The van der Waals surface area contributed by atoms with Crippen molar-refractivity contribution in [2.45, 2.75) is 6.42 Å². The van der Waals surface area contributed by atoms with Crippen LogP contribution >= 0.6 is 11.6 Å². The molecule has 1 heterocycles. The Kier molecular flexibility index (Phi) is 5.01. The second kappa shape index (κ2) is 8.73. The molecule has 0 saturated heterocycles. The van der Waals surface area contributed by atoms with Crippen LogP contribution in [0.1, 0.15) is 11.1 Å². The molecule has 39 heavy (non-hydrogen) atoms. The number of halogens is 1. The van der Waals surface area contributed by atoms with Crippen molar-refractivity contribution in [1.29, 1.82) is 0 Å². The molecule has 6 aromatic carbocycles. The van der Waals surface area contributed by atoms with Crippen molar-refractivity contribution in [3.8, 4) is 39.1 Å². The third-order valence-corrected chi connectivity index (χ3v) is 8.48. The van der Waals surface area contributed by atoms with Gasteiger partial charge in [0.25, 0.3) is 0 Å². The van der Waals surface area contributed by atoms with E-state index in [1.807, 2.05) is 6.07 Å². The maximum atomic E-state index is 6.72. The summed E-state index contributed by atoms with van der Waals surface area (Å²) in [5, 5.41) is 3.37. The molecule has 0 atom stereocenters. The van der Waals surface area contributed by atoms with Crippen LogP contribution in [0.3, 0.4) is 0 Å². The highest BCUT2D eigenvalue weighted by Gasteiger charge is 2.21. The van der Waals surface area contributed by atoms with Gasteiger partial charge in [-0.2, -0.15) is 0 Å². The molecule has 1 aromatic heterocycles. The quantitative estimate of drug-likeness (QED) is 0.215. The standard InChI is InChI=1S/C37H24ClN/c38-35-15-8-14-30-28-11-4-5-12-29(28)32-21-24(17-18-26(32)23-33(30)35)25-19-20-37-34(22-25)31-13-6-7-16-36(31)39(37)27-9-2-1-3-10-27/h1-22H,23H2. The average molecular weight is 518 g/mol. The number of hydrogen-bond donors (Lipinski definition) is 0. The van der Waals surface area contributed by atoms with Crippen LogP contribution < -0.4 is 0 Å². The van der Waals surface area contributed by atoms with E-state index in [1.165, 1.54) is 72.0 Å². The number of hydrogen-bond acceptors (Lipinski definition) is 0. The molecule has 1 nitrogen and oxygen atoms in total. The van der Waals surface area contributed by atoms with E-state index in [4.69, 9.17) is 11.6 Å². The number of rotatable bonds is 2. The van der Waals surface area contributed by atoms with E-state index in [0.29, 0.717) is 0 Å². The maximum absolute atomic E-state index is 6.72.